The third kappa shape index (κ3) is 1.12. The van der Waals surface area contributed by atoms with E-state index in [1.807, 2.05) is 0 Å². The summed E-state index contributed by atoms with van der Waals surface area (Å²) >= 11 is 0. The van der Waals surface area contributed by atoms with Crippen molar-refractivity contribution < 1.29 is 15.0 Å². The number of hydrogen-bond acceptors (Lipinski definition) is 2. The molecule has 3 aliphatic rings. The fourth-order valence-electron chi connectivity index (χ4n) is 2.76. The van der Waals surface area contributed by atoms with Gasteiger partial charge in [0.15, 0.2) is 0 Å². The molecule has 2 N–H and O–H groups in total. The highest BCUT2D eigenvalue weighted by molar-refractivity contribution is 5.70. The second-order valence-electron chi connectivity index (χ2n) is 4.09. The molecule has 3 fully saturated rings. The van der Waals surface area contributed by atoms with Crippen LogP contribution in [-0.2, 0) is 4.79 Å². The van der Waals surface area contributed by atoms with Gasteiger partial charge >= 0.3 is 5.97 Å². The van der Waals surface area contributed by atoms with E-state index in [9.17, 15) is 9.90 Å². The zero-order valence-electron chi connectivity index (χ0n) is 6.94. The van der Waals surface area contributed by atoms with Gasteiger partial charge in [0.2, 0.25) is 0 Å². The second kappa shape index (κ2) is 2.73. The zero-order chi connectivity index (χ0) is 8.72. The lowest BCUT2D eigenvalue weighted by Crippen LogP contribution is -2.44. The molecule has 0 aromatic rings. The molecule has 0 amide bonds. The van der Waals surface area contributed by atoms with Crippen LogP contribution in [0.4, 0.5) is 0 Å². The molecule has 3 heteroatoms. The Balaban J connectivity index is 2.14. The van der Waals surface area contributed by atoms with Gasteiger partial charge in [-0.25, -0.2) is 0 Å². The van der Waals surface area contributed by atoms with E-state index in [-0.39, 0.29) is 17.9 Å². The van der Waals surface area contributed by atoms with Crippen molar-refractivity contribution in [2.45, 2.75) is 31.8 Å². The number of aliphatic hydroxyl groups excluding tert-OH is 1. The van der Waals surface area contributed by atoms with Gasteiger partial charge in [0.05, 0.1) is 12.0 Å². The van der Waals surface area contributed by atoms with Crippen molar-refractivity contribution in [1.29, 1.82) is 0 Å². The molecule has 0 aromatic heterocycles. The van der Waals surface area contributed by atoms with Gasteiger partial charge in [0.1, 0.15) is 0 Å². The molecular weight excluding hydrogens is 156 g/mol. The topological polar surface area (TPSA) is 57.5 Å². The van der Waals surface area contributed by atoms with Crippen molar-refractivity contribution in [2.75, 3.05) is 0 Å². The highest BCUT2D eigenvalue weighted by Gasteiger charge is 2.44. The number of hydrogen-bond donors (Lipinski definition) is 2. The third-order valence-corrected chi connectivity index (χ3v) is 3.40. The van der Waals surface area contributed by atoms with Crippen molar-refractivity contribution in [2.24, 2.45) is 17.8 Å². The summed E-state index contributed by atoms with van der Waals surface area (Å²) < 4.78 is 0. The number of rotatable bonds is 1. The minimum atomic E-state index is -0.719. The van der Waals surface area contributed by atoms with E-state index in [0.717, 1.165) is 25.7 Å². The van der Waals surface area contributed by atoms with Crippen LogP contribution < -0.4 is 0 Å². The first-order valence-corrected chi connectivity index (χ1v) is 4.59. The quantitative estimate of drug-likeness (QED) is 0.614. The average Bonchev–Trinajstić information content (AvgIpc) is 2.04. The SMILES string of the molecule is O=C(O)[C@@H]1C[C@@H]2CC[C@@H]1[C@H](O)C2. The normalized spacial score (nSPS) is 46.1. The Hall–Kier alpha value is -0.570. The van der Waals surface area contributed by atoms with Gasteiger partial charge < -0.3 is 10.2 Å². The largest absolute Gasteiger partial charge is 0.481 e. The summed E-state index contributed by atoms with van der Waals surface area (Å²) in [5.74, 6) is -0.491. The van der Waals surface area contributed by atoms with Gasteiger partial charge in [-0.2, -0.15) is 0 Å². The van der Waals surface area contributed by atoms with Crippen molar-refractivity contribution >= 4 is 5.97 Å². The van der Waals surface area contributed by atoms with Crippen LogP contribution in [0.15, 0.2) is 0 Å². The fraction of sp³-hybridized carbons (Fsp3) is 0.889. The van der Waals surface area contributed by atoms with Crippen LogP contribution in [0.2, 0.25) is 0 Å². The predicted molar refractivity (Wildman–Crippen MR) is 42.6 cm³/mol. The molecule has 3 saturated carbocycles. The van der Waals surface area contributed by atoms with Gasteiger partial charge in [-0.1, -0.05) is 0 Å². The molecule has 0 heterocycles. The first-order chi connectivity index (χ1) is 5.68. The molecule has 2 bridgehead atoms. The monoisotopic (exact) mass is 170 g/mol. The number of aliphatic hydroxyl groups is 1. The van der Waals surface area contributed by atoms with E-state index in [1.165, 1.54) is 0 Å². The molecule has 12 heavy (non-hydrogen) atoms. The highest BCUT2D eigenvalue weighted by Crippen LogP contribution is 2.45. The minimum absolute atomic E-state index is 0.0347. The molecule has 68 valence electrons. The van der Waals surface area contributed by atoms with Gasteiger partial charge in [-0.05, 0) is 37.5 Å². The van der Waals surface area contributed by atoms with Gasteiger partial charge in [0, 0.05) is 0 Å². The number of carboxylic acids is 1. The van der Waals surface area contributed by atoms with Crippen LogP contribution in [-0.4, -0.2) is 22.3 Å². The summed E-state index contributed by atoms with van der Waals surface area (Å²) in [5, 5.41) is 18.4. The molecule has 3 nitrogen and oxygen atoms in total. The molecule has 4 atom stereocenters. The maximum absolute atomic E-state index is 10.8. The summed E-state index contributed by atoms with van der Waals surface area (Å²) in [6.45, 7) is 0. The molecule has 3 rings (SSSR count). The van der Waals surface area contributed by atoms with Gasteiger partial charge in [-0.15, -0.1) is 0 Å². The molecule has 0 aromatic carbocycles. The number of carboxylic acid groups (broad SMARTS) is 1. The highest BCUT2D eigenvalue weighted by atomic mass is 16.4. The van der Waals surface area contributed by atoms with Crippen LogP contribution in [0.1, 0.15) is 25.7 Å². The Morgan fingerprint density at radius 2 is 2.00 bits per heavy atom. The predicted octanol–water partition coefficient (Wildman–Crippen LogP) is 0.868. The van der Waals surface area contributed by atoms with E-state index in [0.29, 0.717) is 5.92 Å². The number of fused-ring (bicyclic) bond motifs is 3. The lowest BCUT2D eigenvalue weighted by Gasteiger charge is -2.43. The molecule has 0 saturated heterocycles. The molecule has 3 aliphatic carbocycles. The van der Waals surface area contributed by atoms with E-state index in [1.54, 1.807) is 0 Å². The number of carbonyl (C=O) groups is 1. The summed E-state index contributed by atoms with van der Waals surface area (Å²) in [6, 6.07) is 0. The number of aliphatic carboxylic acids is 1. The van der Waals surface area contributed by atoms with Crippen molar-refractivity contribution in [1.82, 2.24) is 0 Å². The molecule has 0 radical (unpaired) electrons. The smallest absolute Gasteiger partial charge is 0.306 e. The lowest BCUT2D eigenvalue weighted by molar-refractivity contribution is -0.152. The Kier molecular flexibility index (Phi) is 1.83. The van der Waals surface area contributed by atoms with Crippen LogP contribution >= 0.6 is 0 Å². The Morgan fingerprint density at radius 3 is 2.42 bits per heavy atom. The second-order valence-corrected chi connectivity index (χ2v) is 4.09. The van der Waals surface area contributed by atoms with Crippen molar-refractivity contribution in [3.05, 3.63) is 0 Å². The minimum Gasteiger partial charge on any atom is -0.481 e. The van der Waals surface area contributed by atoms with Crippen molar-refractivity contribution in [3.63, 3.8) is 0 Å². The van der Waals surface area contributed by atoms with E-state index >= 15 is 0 Å². The van der Waals surface area contributed by atoms with Gasteiger partial charge in [0.25, 0.3) is 0 Å². The summed E-state index contributed by atoms with van der Waals surface area (Å²) in [5.41, 5.74) is 0. The van der Waals surface area contributed by atoms with Crippen molar-refractivity contribution in [3.8, 4) is 0 Å². The van der Waals surface area contributed by atoms with E-state index < -0.39 is 5.97 Å². The first-order valence-electron chi connectivity index (χ1n) is 4.59. The van der Waals surface area contributed by atoms with E-state index in [4.69, 9.17) is 5.11 Å². The maximum Gasteiger partial charge on any atom is 0.306 e. The Bertz CT molecular complexity index is 202. The zero-order valence-corrected chi connectivity index (χ0v) is 6.94. The third-order valence-electron chi connectivity index (χ3n) is 3.40. The maximum atomic E-state index is 10.8. The molecular formula is C9H14O3. The standard InChI is InChI=1S/C9H14O3/c10-8-4-5-1-2-6(8)7(3-5)9(11)12/h5-8,10H,1-4H2,(H,11,12)/t5-,6-,7+,8+/m0/s1. The molecule has 0 aliphatic heterocycles. The molecule has 0 spiro atoms. The molecule has 0 unspecified atom stereocenters. The van der Waals surface area contributed by atoms with Crippen LogP contribution in [0.25, 0.3) is 0 Å². The fourth-order valence-corrected chi connectivity index (χ4v) is 2.76. The summed E-state index contributed by atoms with van der Waals surface area (Å²) in [7, 11) is 0. The Labute approximate surface area is 71.4 Å². The summed E-state index contributed by atoms with van der Waals surface area (Å²) in [4.78, 5) is 10.8. The summed E-state index contributed by atoms with van der Waals surface area (Å²) in [6.07, 6.45) is 3.29. The van der Waals surface area contributed by atoms with Crippen LogP contribution in [0, 0.1) is 17.8 Å². The van der Waals surface area contributed by atoms with Gasteiger partial charge in [-0.3, -0.25) is 4.79 Å². The van der Waals surface area contributed by atoms with Crippen LogP contribution in [0.3, 0.4) is 0 Å². The van der Waals surface area contributed by atoms with Crippen LogP contribution in [0.5, 0.6) is 0 Å². The lowest BCUT2D eigenvalue weighted by atomic mass is 9.63. The Morgan fingerprint density at radius 1 is 1.25 bits per heavy atom. The average molecular weight is 170 g/mol. The van der Waals surface area contributed by atoms with E-state index in [2.05, 4.69) is 0 Å². The first kappa shape index (κ1) is 8.05.